The zero-order chi connectivity index (χ0) is 32.8. The Hall–Kier alpha value is -6.64. The van der Waals surface area contributed by atoms with Crippen LogP contribution in [0, 0.1) is 0 Å². The van der Waals surface area contributed by atoms with Crippen molar-refractivity contribution in [1.82, 2.24) is 9.13 Å². The van der Waals surface area contributed by atoms with Crippen molar-refractivity contribution >= 4 is 75.9 Å². The van der Waals surface area contributed by atoms with Crippen molar-refractivity contribution in [3.8, 4) is 22.5 Å². The normalized spacial score (nSPS) is 12.0. The Morgan fingerprint density at radius 3 is 1.42 bits per heavy atom. The third-order valence-corrected chi connectivity index (χ3v) is 10.7. The van der Waals surface area contributed by atoms with Gasteiger partial charge in [-0.15, -0.1) is 0 Å². The number of nitrogens with zero attached hydrogens (tertiary/aromatic N) is 2. The molecule has 0 bridgehead atoms. The van der Waals surface area contributed by atoms with Gasteiger partial charge in [0.2, 0.25) is 0 Å². The van der Waals surface area contributed by atoms with Crippen molar-refractivity contribution in [2.45, 2.75) is 0 Å². The first kappa shape index (κ1) is 27.3. The number of hydrogen-bond acceptors (Lipinski definition) is 0. The van der Waals surface area contributed by atoms with Crippen LogP contribution in [0.1, 0.15) is 0 Å². The van der Waals surface area contributed by atoms with Gasteiger partial charge >= 0.3 is 0 Å². The Bertz CT molecular complexity index is 3090. The van der Waals surface area contributed by atoms with E-state index in [0.29, 0.717) is 0 Å². The fourth-order valence-corrected chi connectivity index (χ4v) is 8.52. The predicted octanol–water partition coefficient (Wildman–Crippen LogP) is 13.0. The zero-order valence-corrected chi connectivity index (χ0v) is 27.2. The van der Waals surface area contributed by atoms with E-state index in [1.54, 1.807) is 0 Å². The summed E-state index contributed by atoms with van der Waals surface area (Å²) in [6.07, 6.45) is 0. The summed E-state index contributed by atoms with van der Waals surface area (Å²) in [5, 5.41) is 12.9. The molecule has 0 saturated carbocycles. The highest BCUT2D eigenvalue weighted by Gasteiger charge is 2.20. The van der Waals surface area contributed by atoms with Crippen molar-refractivity contribution in [2.75, 3.05) is 0 Å². The van der Waals surface area contributed by atoms with E-state index in [2.05, 4.69) is 191 Å². The molecule has 11 aromatic rings. The van der Waals surface area contributed by atoms with Crippen molar-refractivity contribution in [1.29, 1.82) is 0 Å². The second-order valence-corrected chi connectivity index (χ2v) is 13.3. The second kappa shape index (κ2) is 10.4. The zero-order valence-electron chi connectivity index (χ0n) is 27.2. The molecule has 11 rings (SSSR count). The average molecular weight is 635 g/mol. The SMILES string of the molecule is c1ccc(-n2c3ccccc3c3ccc4c(c5ccccc5n4-c4ccc(-c5ccc6c7ccccc7c7ccccc7c6c5)cc4)c32)cc1. The largest absolute Gasteiger partial charge is 0.309 e. The van der Waals surface area contributed by atoms with Crippen LogP contribution in [0.2, 0.25) is 0 Å². The van der Waals surface area contributed by atoms with Gasteiger partial charge in [-0.25, -0.2) is 0 Å². The third kappa shape index (κ3) is 3.79. The Labute approximate surface area is 288 Å². The maximum atomic E-state index is 2.44. The van der Waals surface area contributed by atoms with Gasteiger partial charge in [0, 0.05) is 32.9 Å². The molecule has 232 valence electrons. The van der Waals surface area contributed by atoms with Gasteiger partial charge in [0.05, 0.1) is 22.1 Å². The minimum atomic E-state index is 1.15. The minimum absolute atomic E-state index is 1.15. The summed E-state index contributed by atoms with van der Waals surface area (Å²) in [6.45, 7) is 0. The van der Waals surface area contributed by atoms with Crippen LogP contribution in [0.4, 0.5) is 0 Å². The van der Waals surface area contributed by atoms with Gasteiger partial charge in [-0.3, -0.25) is 0 Å². The third-order valence-electron chi connectivity index (χ3n) is 10.7. The lowest BCUT2D eigenvalue weighted by Gasteiger charge is -2.13. The highest BCUT2D eigenvalue weighted by atomic mass is 15.0. The first-order valence-corrected chi connectivity index (χ1v) is 17.3. The van der Waals surface area contributed by atoms with Gasteiger partial charge < -0.3 is 9.13 Å². The number of benzene rings is 9. The number of fused-ring (bicyclic) bond motifs is 13. The molecule has 2 aromatic heterocycles. The van der Waals surface area contributed by atoms with Gasteiger partial charge in [0.1, 0.15) is 0 Å². The van der Waals surface area contributed by atoms with Gasteiger partial charge in [-0.05, 0) is 92.0 Å². The molecule has 0 atom stereocenters. The molecule has 2 heteroatoms. The van der Waals surface area contributed by atoms with Gasteiger partial charge in [-0.2, -0.15) is 0 Å². The molecule has 0 saturated heterocycles. The molecule has 0 aliphatic carbocycles. The molecule has 0 aliphatic heterocycles. The highest BCUT2D eigenvalue weighted by molar-refractivity contribution is 6.27. The summed E-state index contributed by atoms with van der Waals surface area (Å²) < 4.78 is 4.88. The highest BCUT2D eigenvalue weighted by Crippen LogP contribution is 2.42. The van der Waals surface area contributed by atoms with E-state index in [0.717, 1.165) is 5.69 Å². The van der Waals surface area contributed by atoms with E-state index in [-0.39, 0.29) is 0 Å². The molecule has 50 heavy (non-hydrogen) atoms. The molecule has 0 amide bonds. The Kier molecular flexibility index (Phi) is 5.70. The number of aromatic nitrogens is 2. The maximum Gasteiger partial charge on any atom is 0.0641 e. The fraction of sp³-hybridized carbons (Fsp3) is 0. The predicted molar refractivity (Wildman–Crippen MR) is 213 cm³/mol. The molecule has 0 radical (unpaired) electrons. The summed E-state index contributed by atoms with van der Waals surface area (Å²) in [5.41, 5.74) is 9.63. The summed E-state index contributed by atoms with van der Waals surface area (Å²) in [5.74, 6) is 0. The smallest absolute Gasteiger partial charge is 0.0641 e. The summed E-state index contributed by atoms with van der Waals surface area (Å²) in [4.78, 5) is 0. The lowest BCUT2D eigenvalue weighted by molar-refractivity contribution is 1.17. The van der Waals surface area contributed by atoms with E-state index in [4.69, 9.17) is 0 Å². The van der Waals surface area contributed by atoms with Crippen LogP contribution in [0.3, 0.4) is 0 Å². The molecule has 0 aliphatic rings. The molecule has 0 fully saturated rings. The molecule has 0 spiro atoms. The molecular weight excluding hydrogens is 605 g/mol. The quantitative estimate of drug-likeness (QED) is 0.171. The van der Waals surface area contributed by atoms with Crippen LogP contribution < -0.4 is 0 Å². The van der Waals surface area contributed by atoms with E-state index >= 15 is 0 Å². The first-order chi connectivity index (χ1) is 24.8. The molecule has 2 nitrogen and oxygen atoms in total. The van der Waals surface area contributed by atoms with E-state index in [9.17, 15) is 0 Å². The monoisotopic (exact) mass is 634 g/mol. The van der Waals surface area contributed by atoms with Crippen molar-refractivity contribution in [2.24, 2.45) is 0 Å². The second-order valence-electron chi connectivity index (χ2n) is 13.3. The van der Waals surface area contributed by atoms with Gasteiger partial charge in [0.25, 0.3) is 0 Å². The Morgan fingerprint density at radius 2 is 0.740 bits per heavy atom. The lowest BCUT2D eigenvalue weighted by Crippen LogP contribution is -1.95. The molecule has 2 heterocycles. The maximum absolute atomic E-state index is 2.44. The van der Waals surface area contributed by atoms with Gasteiger partial charge in [0.15, 0.2) is 0 Å². The van der Waals surface area contributed by atoms with E-state index < -0.39 is 0 Å². The van der Waals surface area contributed by atoms with Crippen molar-refractivity contribution in [3.05, 3.63) is 182 Å². The van der Waals surface area contributed by atoms with E-state index in [1.807, 2.05) is 0 Å². The first-order valence-electron chi connectivity index (χ1n) is 17.3. The number of hydrogen-bond donors (Lipinski definition) is 0. The molecule has 0 N–H and O–H groups in total. The summed E-state index contributed by atoms with van der Waals surface area (Å²) in [7, 11) is 0. The van der Waals surface area contributed by atoms with Crippen LogP contribution in [-0.4, -0.2) is 9.13 Å². The molecule has 0 unspecified atom stereocenters. The molecular formula is C48H30N2. The van der Waals surface area contributed by atoms with Crippen LogP contribution in [0.25, 0.3) is 98.4 Å². The number of para-hydroxylation sites is 3. The topological polar surface area (TPSA) is 9.86 Å². The van der Waals surface area contributed by atoms with Crippen LogP contribution in [0.15, 0.2) is 182 Å². The average Bonchev–Trinajstić information content (AvgIpc) is 3.71. The Balaban J connectivity index is 1.12. The number of rotatable bonds is 3. The van der Waals surface area contributed by atoms with Crippen LogP contribution in [-0.2, 0) is 0 Å². The Morgan fingerprint density at radius 1 is 0.260 bits per heavy atom. The fourth-order valence-electron chi connectivity index (χ4n) is 8.52. The van der Waals surface area contributed by atoms with Crippen molar-refractivity contribution < 1.29 is 0 Å². The van der Waals surface area contributed by atoms with Crippen molar-refractivity contribution in [3.63, 3.8) is 0 Å². The van der Waals surface area contributed by atoms with Crippen LogP contribution in [0.5, 0.6) is 0 Å². The summed E-state index contributed by atoms with van der Waals surface area (Å²) in [6, 6.07) is 66.6. The standard InChI is InChI=1S/C48H30N2/c1-2-12-33(13-3-1)50-44-20-10-8-18-40(44)41-28-29-46-47(48(41)50)42-19-9-11-21-45(42)49(46)34-25-22-31(23-26-34)32-24-27-39-37-16-5-4-14-35(37)36-15-6-7-17-38(36)43(39)30-32/h1-30H. The minimum Gasteiger partial charge on any atom is -0.309 e. The van der Waals surface area contributed by atoms with Crippen LogP contribution >= 0.6 is 0 Å². The lowest BCUT2D eigenvalue weighted by atomic mass is 9.92. The summed E-state index contributed by atoms with van der Waals surface area (Å²) >= 11 is 0. The van der Waals surface area contributed by atoms with E-state index in [1.165, 1.54) is 92.7 Å². The molecule has 9 aromatic carbocycles. The van der Waals surface area contributed by atoms with Gasteiger partial charge in [-0.1, -0.05) is 133 Å².